The van der Waals surface area contributed by atoms with E-state index in [2.05, 4.69) is 16.0 Å². The molecular formula is C25H25F2N5O. The van der Waals surface area contributed by atoms with Crippen molar-refractivity contribution in [3.63, 3.8) is 0 Å². The molecule has 0 amide bonds. The summed E-state index contributed by atoms with van der Waals surface area (Å²) in [6, 6.07) is 17.1. The summed E-state index contributed by atoms with van der Waals surface area (Å²) in [5, 5.41) is 9.37. The molecule has 3 aromatic rings. The molecule has 170 valence electrons. The summed E-state index contributed by atoms with van der Waals surface area (Å²) in [7, 11) is 0. The first-order valence-electron chi connectivity index (χ1n) is 10.9. The second-order valence-electron chi connectivity index (χ2n) is 8.11. The number of alkyl halides is 2. The minimum atomic E-state index is -2.63. The van der Waals surface area contributed by atoms with E-state index in [1.807, 2.05) is 35.2 Å². The van der Waals surface area contributed by atoms with Crippen LogP contribution in [-0.2, 0) is 6.42 Å². The van der Waals surface area contributed by atoms with E-state index < -0.39 is 5.92 Å². The average Bonchev–Trinajstić information content (AvgIpc) is 2.79. The van der Waals surface area contributed by atoms with E-state index in [4.69, 9.17) is 10.5 Å². The molecule has 0 spiro atoms. The van der Waals surface area contributed by atoms with Crippen molar-refractivity contribution < 1.29 is 13.5 Å². The topological polar surface area (TPSA) is 88.1 Å². The van der Waals surface area contributed by atoms with Crippen molar-refractivity contribution in [3.05, 3.63) is 65.5 Å². The van der Waals surface area contributed by atoms with Crippen LogP contribution in [0.4, 0.5) is 14.6 Å². The first kappa shape index (κ1) is 22.6. The van der Waals surface area contributed by atoms with Crippen LogP contribution in [0.2, 0.25) is 0 Å². The van der Waals surface area contributed by atoms with Crippen molar-refractivity contribution in [3.8, 4) is 28.8 Å². The molecule has 0 saturated carbocycles. The van der Waals surface area contributed by atoms with Crippen molar-refractivity contribution in [1.29, 1.82) is 5.26 Å². The molecule has 1 saturated heterocycles. The van der Waals surface area contributed by atoms with Crippen LogP contribution in [0, 0.1) is 18.3 Å². The van der Waals surface area contributed by atoms with Crippen molar-refractivity contribution in [2.75, 3.05) is 24.5 Å². The number of ether oxygens (including phenoxy) is 1. The Morgan fingerprint density at radius 1 is 1.09 bits per heavy atom. The molecule has 1 aromatic heterocycles. The second kappa shape index (κ2) is 9.51. The predicted molar refractivity (Wildman–Crippen MR) is 123 cm³/mol. The number of hydrogen-bond donors (Lipinski definition) is 1. The van der Waals surface area contributed by atoms with Gasteiger partial charge < -0.3 is 15.4 Å². The van der Waals surface area contributed by atoms with E-state index in [-0.39, 0.29) is 25.9 Å². The molecule has 1 aliphatic rings. The van der Waals surface area contributed by atoms with Crippen LogP contribution in [-0.4, -0.2) is 35.5 Å². The van der Waals surface area contributed by atoms with Gasteiger partial charge in [0.05, 0.1) is 11.6 Å². The Hall–Kier alpha value is -3.57. The maximum absolute atomic E-state index is 13.6. The molecule has 0 aliphatic carbocycles. The standard InChI is InChI=1S/C25H25F2N5O/c1-17-30-23(32-12-9-25(26,27)10-13-32)15-24(31-17)33-22-14-19(16-29)4-7-21(22)20-5-2-18(3-6-20)8-11-28/h2-7,14-15H,8-13,28H2,1H3. The van der Waals surface area contributed by atoms with E-state index in [1.165, 1.54) is 0 Å². The monoisotopic (exact) mass is 449 g/mol. The predicted octanol–water partition coefficient (Wildman–Crippen LogP) is 4.85. The Morgan fingerprint density at radius 3 is 2.48 bits per heavy atom. The summed E-state index contributed by atoms with van der Waals surface area (Å²) in [6.45, 7) is 2.74. The zero-order valence-electron chi connectivity index (χ0n) is 18.4. The molecule has 2 N–H and O–H groups in total. The van der Waals surface area contributed by atoms with Gasteiger partial charge in [0.2, 0.25) is 5.88 Å². The van der Waals surface area contributed by atoms with Crippen molar-refractivity contribution in [2.24, 2.45) is 5.73 Å². The van der Waals surface area contributed by atoms with Crippen LogP contribution in [0.5, 0.6) is 11.6 Å². The molecule has 0 unspecified atom stereocenters. The Kier molecular flexibility index (Phi) is 6.52. The Balaban J connectivity index is 1.64. The Bertz CT molecular complexity index is 1160. The number of aromatic nitrogens is 2. The Labute approximate surface area is 191 Å². The van der Waals surface area contributed by atoms with E-state index in [9.17, 15) is 14.0 Å². The molecule has 1 aliphatic heterocycles. The highest BCUT2D eigenvalue weighted by molar-refractivity contribution is 5.72. The third kappa shape index (κ3) is 5.44. The van der Waals surface area contributed by atoms with Gasteiger partial charge in [0.1, 0.15) is 17.4 Å². The van der Waals surface area contributed by atoms with Crippen molar-refractivity contribution >= 4 is 5.82 Å². The molecule has 0 atom stereocenters. The van der Waals surface area contributed by atoms with Crippen LogP contribution >= 0.6 is 0 Å². The van der Waals surface area contributed by atoms with Gasteiger partial charge in [-0.3, -0.25) is 0 Å². The number of aryl methyl sites for hydroxylation is 1. The van der Waals surface area contributed by atoms with Crippen LogP contribution in [0.1, 0.15) is 29.8 Å². The number of nitrogens with zero attached hydrogens (tertiary/aromatic N) is 4. The van der Waals surface area contributed by atoms with Crippen LogP contribution in [0.15, 0.2) is 48.5 Å². The fourth-order valence-electron chi connectivity index (χ4n) is 3.85. The van der Waals surface area contributed by atoms with Gasteiger partial charge in [-0.05, 0) is 49.2 Å². The van der Waals surface area contributed by atoms with Gasteiger partial charge in [-0.25, -0.2) is 13.8 Å². The van der Waals surface area contributed by atoms with Gasteiger partial charge in [-0.1, -0.05) is 24.3 Å². The molecule has 2 heterocycles. The lowest BCUT2D eigenvalue weighted by Gasteiger charge is -2.32. The summed E-state index contributed by atoms with van der Waals surface area (Å²) in [5.74, 6) is -0.827. The van der Waals surface area contributed by atoms with Gasteiger partial charge in [0.15, 0.2) is 0 Å². The number of rotatable bonds is 6. The lowest BCUT2D eigenvalue weighted by atomic mass is 10.0. The van der Waals surface area contributed by atoms with E-state index in [0.29, 0.717) is 35.4 Å². The minimum absolute atomic E-state index is 0.208. The first-order chi connectivity index (χ1) is 15.9. The molecule has 8 heteroatoms. The SMILES string of the molecule is Cc1nc(Oc2cc(C#N)ccc2-c2ccc(CCN)cc2)cc(N2CCC(F)(F)CC2)n1. The molecule has 0 radical (unpaired) electrons. The number of piperidine rings is 1. The zero-order valence-corrected chi connectivity index (χ0v) is 18.4. The quantitative estimate of drug-likeness (QED) is 0.579. The average molecular weight is 450 g/mol. The van der Waals surface area contributed by atoms with Crippen LogP contribution < -0.4 is 15.4 Å². The minimum Gasteiger partial charge on any atom is -0.438 e. The normalized spacial score (nSPS) is 15.2. The highest BCUT2D eigenvalue weighted by Gasteiger charge is 2.34. The molecule has 4 rings (SSSR count). The van der Waals surface area contributed by atoms with Crippen molar-refractivity contribution in [1.82, 2.24) is 9.97 Å². The summed E-state index contributed by atoms with van der Waals surface area (Å²) >= 11 is 0. The largest absolute Gasteiger partial charge is 0.438 e. The zero-order chi connectivity index (χ0) is 23.4. The van der Waals surface area contributed by atoms with Gasteiger partial charge >= 0.3 is 0 Å². The van der Waals surface area contributed by atoms with Crippen LogP contribution in [0.25, 0.3) is 11.1 Å². The molecular weight excluding hydrogens is 424 g/mol. The highest BCUT2D eigenvalue weighted by Crippen LogP contribution is 2.35. The van der Waals surface area contributed by atoms with Gasteiger partial charge in [0.25, 0.3) is 5.92 Å². The second-order valence-corrected chi connectivity index (χ2v) is 8.11. The van der Waals surface area contributed by atoms with Crippen molar-refractivity contribution in [2.45, 2.75) is 32.1 Å². The fourth-order valence-corrected chi connectivity index (χ4v) is 3.85. The summed E-state index contributed by atoms with van der Waals surface area (Å²) < 4.78 is 33.3. The van der Waals surface area contributed by atoms with Gasteiger partial charge in [-0.15, -0.1) is 0 Å². The maximum atomic E-state index is 13.6. The number of benzene rings is 2. The number of hydrogen-bond acceptors (Lipinski definition) is 6. The number of halogens is 2. The van der Waals surface area contributed by atoms with E-state index >= 15 is 0 Å². The first-order valence-corrected chi connectivity index (χ1v) is 10.9. The smallest absolute Gasteiger partial charge is 0.251 e. The maximum Gasteiger partial charge on any atom is 0.251 e. The third-order valence-corrected chi connectivity index (χ3v) is 5.64. The molecule has 33 heavy (non-hydrogen) atoms. The molecule has 2 aromatic carbocycles. The van der Waals surface area contributed by atoms with E-state index in [1.54, 1.807) is 25.1 Å². The molecule has 1 fully saturated rings. The fraction of sp³-hybridized carbons (Fsp3) is 0.320. The van der Waals surface area contributed by atoms with Gasteiger partial charge in [-0.2, -0.15) is 10.2 Å². The number of nitriles is 1. The van der Waals surface area contributed by atoms with Gasteiger partial charge in [0, 0.05) is 37.6 Å². The Morgan fingerprint density at radius 2 is 1.82 bits per heavy atom. The highest BCUT2D eigenvalue weighted by atomic mass is 19.3. The summed E-state index contributed by atoms with van der Waals surface area (Å²) in [5.41, 5.74) is 8.97. The lowest BCUT2D eigenvalue weighted by Crippen LogP contribution is -2.39. The summed E-state index contributed by atoms with van der Waals surface area (Å²) in [6.07, 6.45) is 0.379. The molecule has 0 bridgehead atoms. The number of nitrogens with two attached hydrogens (primary N) is 1. The third-order valence-electron chi connectivity index (χ3n) is 5.64. The van der Waals surface area contributed by atoms with E-state index in [0.717, 1.165) is 23.1 Å². The molecule has 6 nitrogen and oxygen atoms in total. The lowest BCUT2D eigenvalue weighted by molar-refractivity contribution is -0.0221. The van der Waals surface area contributed by atoms with Crippen LogP contribution in [0.3, 0.4) is 0 Å². The summed E-state index contributed by atoms with van der Waals surface area (Å²) in [4.78, 5) is 10.6. The number of anilines is 1.